The average molecular weight is 274 g/mol. The van der Waals surface area contributed by atoms with Crippen LogP contribution in [0.15, 0.2) is 36.4 Å². The maximum atomic E-state index is 9.89. The second kappa shape index (κ2) is 7.27. The highest BCUT2D eigenvalue weighted by molar-refractivity contribution is 5.89. The first kappa shape index (κ1) is 14.8. The Balaban J connectivity index is 2.21. The Hall–Kier alpha value is -1.58. The molecule has 0 fully saturated rings. The van der Waals surface area contributed by atoms with Gasteiger partial charge >= 0.3 is 0 Å². The van der Waals surface area contributed by atoms with Gasteiger partial charge in [0, 0.05) is 17.6 Å². The van der Waals surface area contributed by atoms with Gasteiger partial charge in [-0.25, -0.2) is 0 Å². The molecule has 2 aromatic carbocycles. The van der Waals surface area contributed by atoms with Crippen molar-refractivity contribution in [1.82, 2.24) is 0 Å². The van der Waals surface area contributed by atoms with E-state index in [1.165, 1.54) is 0 Å². The summed E-state index contributed by atoms with van der Waals surface area (Å²) in [7, 11) is 0. The molecule has 0 amide bonds. The van der Waals surface area contributed by atoms with Crippen LogP contribution in [0.5, 0.6) is 5.75 Å². The van der Waals surface area contributed by atoms with Crippen molar-refractivity contribution in [2.75, 3.05) is 13.2 Å². The molecule has 3 heteroatoms. The molecule has 108 valence electrons. The van der Waals surface area contributed by atoms with Crippen molar-refractivity contribution in [2.45, 2.75) is 32.3 Å². The SMILES string of the molecule is C[C@H](O)c1ccc2ccccc2c1OCCCCCO. The van der Waals surface area contributed by atoms with Crippen LogP contribution >= 0.6 is 0 Å². The van der Waals surface area contributed by atoms with E-state index in [0.29, 0.717) is 6.61 Å². The lowest BCUT2D eigenvalue weighted by Gasteiger charge is -2.16. The first-order valence-corrected chi connectivity index (χ1v) is 7.17. The molecule has 0 saturated carbocycles. The maximum absolute atomic E-state index is 9.89. The van der Waals surface area contributed by atoms with Gasteiger partial charge in [-0.05, 0) is 31.6 Å². The number of hydrogen-bond acceptors (Lipinski definition) is 3. The Morgan fingerprint density at radius 1 is 1.05 bits per heavy atom. The Labute approximate surface area is 119 Å². The Morgan fingerprint density at radius 3 is 2.60 bits per heavy atom. The molecule has 20 heavy (non-hydrogen) atoms. The van der Waals surface area contributed by atoms with E-state index < -0.39 is 6.10 Å². The highest BCUT2D eigenvalue weighted by Crippen LogP contribution is 2.33. The molecule has 1 atom stereocenters. The fourth-order valence-electron chi connectivity index (χ4n) is 2.31. The van der Waals surface area contributed by atoms with Crippen molar-refractivity contribution < 1.29 is 14.9 Å². The third-order valence-corrected chi connectivity index (χ3v) is 3.41. The molecule has 0 bridgehead atoms. The van der Waals surface area contributed by atoms with Crippen LogP contribution in [0.3, 0.4) is 0 Å². The Kier molecular flexibility index (Phi) is 5.39. The fraction of sp³-hybridized carbons (Fsp3) is 0.412. The van der Waals surface area contributed by atoms with Crippen LogP contribution in [0.1, 0.15) is 37.9 Å². The number of rotatable bonds is 7. The smallest absolute Gasteiger partial charge is 0.132 e. The summed E-state index contributed by atoms with van der Waals surface area (Å²) < 4.78 is 5.92. The van der Waals surface area contributed by atoms with E-state index in [1.54, 1.807) is 6.92 Å². The second-order valence-corrected chi connectivity index (χ2v) is 5.01. The van der Waals surface area contributed by atoms with Gasteiger partial charge in [-0.2, -0.15) is 0 Å². The molecule has 0 aliphatic carbocycles. The van der Waals surface area contributed by atoms with Crippen LogP contribution in [0.25, 0.3) is 10.8 Å². The van der Waals surface area contributed by atoms with Gasteiger partial charge in [-0.15, -0.1) is 0 Å². The largest absolute Gasteiger partial charge is 0.493 e. The molecule has 0 aliphatic heterocycles. The number of benzene rings is 2. The molecule has 2 rings (SSSR count). The molecule has 0 aliphatic rings. The summed E-state index contributed by atoms with van der Waals surface area (Å²) in [5.74, 6) is 0.780. The molecule has 3 nitrogen and oxygen atoms in total. The standard InChI is InChI=1S/C17H22O3/c1-13(19)15-10-9-14-7-3-4-8-16(14)17(15)20-12-6-2-5-11-18/h3-4,7-10,13,18-19H,2,5-6,11-12H2,1H3/t13-/m0/s1. The summed E-state index contributed by atoms with van der Waals surface area (Å²) in [5, 5.41) is 20.8. The van der Waals surface area contributed by atoms with Gasteiger partial charge < -0.3 is 14.9 Å². The van der Waals surface area contributed by atoms with Gasteiger partial charge in [0.2, 0.25) is 0 Å². The van der Waals surface area contributed by atoms with E-state index in [-0.39, 0.29) is 6.61 Å². The van der Waals surface area contributed by atoms with Crippen molar-refractivity contribution >= 4 is 10.8 Å². The van der Waals surface area contributed by atoms with E-state index in [2.05, 4.69) is 0 Å². The van der Waals surface area contributed by atoms with Gasteiger partial charge in [-0.3, -0.25) is 0 Å². The van der Waals surface area contributed by atoms with Crippen LogP contribution in [-0.2, 0) is 0 Å². The zero-order valence-corrected chi connectivity index (χ0v) is 11.9. The van der Waals surface area contributed by atoms with E-state index in [1.807, 2.05) is 36.4 Å². The normalized spacial score (nSPS) is 12.6. The highest BCUT2D eigenvalue weighted by atomic mass is 16.5. The summed E-state index contributed by atoms with van der Waals surface area (Å²) >= 11 is 0. The second-order valence-electron chi connectivity index (χ2n) is 5.01. The van der Waals surface area contributed by atoms with Crippen LogP contribution in [0.2, 0.25) is 0 Å². The summed E-state index contributed by atoms with van der Waals surface area (Å²) in [6.07, 6.45) is 2.11. The molecule has 0 radical (unpaired) electrons. The van der Waals surface area contributed by atoms with Crippen molar-refractivity contribution in [3.8, 4) is 5.75 Å². The third-order valence-electron chi connectivity index (χ3n) is 3.41. The van der Waals surface area contributed by atoms with Crippen molar-refractivity contribution in [1.29, 1.82) is 0 Å². The number of aliphatic hydroxyl groups is 2. The molecular formula is C17H22O3. The first-order chi connectivity index (χ1) is 9.74. The van der Waals surface area contributed by atoms with Crippen molar-refractivity contribution in [3.63, 3.8) is 0 Å². The highest BCUT2D eigenvalue weighted by Gasteiger charge is 2.12. The predicted octanol–water partition coefficient (Wildman–Crippen LogP) is 3.43. The third kappa shape index (κ3) is 3.50. The van der Waals surface area contributed by atoms with Crippen LogP contribution in [0.4, 0.5) is 0 Å². The molecule has 2 N–H and O–H groups in total. The summed E-state index contributed by atoms with van der Waals surface area (Å²) in [4.78, 5) is 0. The summed E-state index contributed by atoms with van der Waals surface area (Å²) in [6.45, 7) is 2.59. The van der Waals surface area contributed by atoms with E-state index in [0.717, 1.165) is 41.3 Å². The number of unbranched alkanes of at least 4 members (excludes halogenated alkanes) is 2. The van der Waals surface area contributed by atoms with E-state index in [9.17, 15) is 5.11 Å². The lowest BCUT2D eigenvalue weighted by atomic mass is 10.0. The average Bonchev–Trinajstić information content (AvgIpc) is 2.46. The van der Waals surface area contributed by atoms with Crippen molar-refractivity contribution in [2.24, 2.45) is 0 Å². The molecule has 0 spiro atoms. The molecule has 0 unspecified atom stereocenters. The van der Waals surface area contributed by atoms with Gasteiger partial charge in [0.05, 0.1) is 12.7 Å². The zero-order valence-electron chi connectivity index (χ0n) is 11.9. The molecule has 0 heterocycles. The predicted molar refractivity (Wildman–Crippen MR) is 81.0 cm³/mol. The lowest BCUT2D eigenvalue weighted by Crippen LogP contribution is -2.03. The topological polar surface area (TPSA) is 49.7 Å². The van der Waals surface area contributed by atoms with Gasteiger partial charge in [0.1, 0.15) is 5.75 Å². The number of hydrogen-bond donors (Lipinski definition) is 2. The minimum atomic E-state index is -0.549. The number of fused-ring (bicyclic) bond motifs is 1. The fourth-order valence-corrected chi connectivity index (χ4v) is 2.31. The van der Waals surface area contributed by atoms with Crippen LogP contribution < -0.4 is 4.74 Å². The quantitative estimate of drug-likeness (QED) is 0.760. The number of ether oxygens (including phenoxy) is 1. The van der Waals surface area contributed by atoms with E-state index >= 15 is 0 Å². The maximum Gasteiger partial charge on any atom is 0.132 e. The summed E-state index contributed by atoms with van der Waals surface area (Å²) in [6, 6.07) is 12.0. The van der Waals surface area contributed by atoms with Crippen LogP contribution in [0, 0.1) is 0 Å². The van der Waals surface area contributed by atoms with Crippen molar-refractivity contribution in [3.05, 3.63) is 42.0 Å². The first-order valence-electron chi connectivity index (χ1n) is 7.17. The zero-order chi connectivity index (χ0) is 14.4. The Morgan fingerprint density at radius 2 is 1.85 bits per heavy atom. The molecule has 2 aromatic rings. The van der Waals surface area contributed by atoms with Gasteiger partial charge in [0.15, 0.2) is 0 Å². The summed E-state index contributed by atoms with van der Waals surface area (Å²) in [5.41, 5.74) is 0.825. The minimum Gasteiger partial charge on any atom is -0.493 e. The number of aliphatic hydroxyl groups excluding tert-OH is 2. The lowest BCUT2D eigenvalue weighted by molar-refractivity contribution is 0.191. The monoisotopic (exact) mass is 274 g/mol. The van der Waals surface area contributed by atoms with Gasteiger partial charge in [-0.1, -0.05) is 36.4 Å². The van der Waals surface area contributed by atoms with Crippen LogP contribution in [-0.4, -0.2) is 23.4 Å². The van der Waals surface area contributed by atoms with E-state index in [4.69, 9.17) is 9.84 Å². The molecular weight excluding hydrogens is 252 g/mol. The molecule has 0 aromatic heterocycles. The Bertz CT molecular complexity index is 549. The van der Waals surface area contributed by atoms with Gasteiger partial charge in [0.25, 0.3) is 0 Å². The molecule has 0 saturated heterocycles. The minimum absolute atomic E-state index is 0.229.